The van der Waals surface area contributed by atoms with Crippen molar-refractivity contribution in [3.05, 3.63) is 23.8 Å². The van der Waals surface area contributed by atoms with Gasteiger partial charge >= 0.3 is 0 Å². The first-order chi connectivity index (χ1) is 9.95. The number of phenols is 1. The highest BCUT2D eigenvalue weighted by atomic mass is 16.3. The number of hydrogen-bond donors (Lipinski definition) is 2. The first kappa shape index (κ1) is 16.2. The van der Waals surface area contributed by atoms with Gasteiger partial charge in [0.1, 0.15) is 5.75 Å². The van der Waals surface area contributed by atoms with E-state index >= 15 is 0 Å². The average molecular weight is 290 g/mol. The summed E-state index contributed by atoms with van der Waals surface area (Å²) in [5.41, 5.74) is 2.25. The molecule has 0 radical (unpaired) electrons. The first-order valence-corrected chi connectivity index (χ1v) is 8.26. The molecular weight excluding hydrogens is 260 g/mol. The highest BCUT2D eigenvalue weighted by molar-refractivity contribution is 5.52. The number of nitrogens with zero attached hydrogens (tertiary/aromatic N) is 1. The van der Waals surface area contributed by atoms with Crippen LogP contribution >= 0.6 is 0 Å². The van der Waals surface area contributed by atoms with Crippen molar-refractivity contribution in [2.24, 2.45) is 0 Å². The lowest BCUT2D eigenvalue weighted by molar-refractivity contribution is 0.228. The molecule has 1 aromatic carbocycles. The van der Waals surface area contributed by atoms with Crippen molar-refractivity contribution in [2.45, 2.75) is 51.9 Å². The molecule has 1 aromatic rings. The van der Waals surface area contributed by atoms with Gasteiger partial charge in [0.25, 0.3) is 0 Å². The molecule has 1 fully saturated rings. The lowest BCUT2D eigenvalue weighted by atomic mass is 9.86. The van der Waals surface area contributed by atoms with E-state index in [9.17, 15) is 5.11 Å². The molecule has 0 bridgehead atoms. The number of anilines is 1. The van der Waals surface area contributed by atoms with Gasteiger partial charge in [0.15, 0.2) is 0 Å². The molecule has 0 aliphatic carbocycles. The minimum absolute atomic E-state index is 0.0585. The van der Waals surface area contributed by atoms with Crippen LogP contribution in [-0.4, -0.2) is 36.2 Å². The molecule has 21 heavy (non-hydrogen) atoms. The molecule has 0 aromatic heterocycles. The molecule has 1 aliphatic rings. The van der Waals surface area contributed by atoms with Crippen LogP contribution < -0.4 is 5.32 Å². The fourth-order valence-electron chi connectivity index (χ4n) is 2.86. The highest BCUT2D eigenvalue weighted by Crippen LogP contribution is 2.29. The standard InChI is InChI=1S/C18H30N2O/c1-18(2,3)15-12-16(14-17(21)13-15)19-8-7-11-20-9-5-4-6-10-20/h12-14,19,21H,4-11H2,1-3H3. The maximum absolute atomic E-state index is 9.87. The van der Waals surface area contributed by atoms with Crippen molar-refractivity contribution in [2.75, 3.05) is 31.5 Å². The smallest absolute Gasteiger partial charge is 0.117 e. The second-order valence-electron chi connectivity index (χ2n) is 7.20. The normalized spacial score (nSPS) is 16.9. The van der Waals surface area contributed by atoms with Crippen molar-refractivity contribution in [1.29, 1.82) is 0 Å². The summed E-state index contributed by atoms with van der Waals surface area (Å²) in [6, 6.07) is 5.83. The van der Waals surface area contributed by atoms with Gasteiger partial charge in [-0.25, -0.2) is 0 Å². The largest absolute Gasteiger partial charge is 0.508 e. The fraction of sp³-hybridized carbons (Fsp3) is 0.667. The molecule has 0 amide bonds. The van der Waals surface area contributed by atoms with Gasteiger partial charge in [-0.2, -0.15) is 0 Å². The number of nitrogens with one attached hydrogen (secondary N) is 1. The summed E-state index contributed by atoms with van der Waals surface area (Å²) in [6.45, 7) is 11.2. The van der Waals surface area contributed by atoms with Crippen LogP contribution in [0.1, 0.15) is 52.0 Å². The van der Waals surface area contributed by atoms with Crippen LogP contribution in [0.4, 0.5) is 5.69 Å². The summed E-state index contributed by atoms with van der Waals surface area (Å²) in [7, 11) is 0. The van der Waals surface area contributed by atoms with Crippen molar-refractivity contribution < 1.29 is 5.11 Å². The fourth-order valence-corrected chi connectivity index (χ4v) is 2.86. The van der Waals surface area contributed by atoms with Crippen LogP contribution in [0.15, 0.2) is 18.2 Å². The zero-order chi connectivity index (χ0) is 15.3. The van der Waals surface area contributed by atoms with Crippen molar-refractivity contribution >= 4 is 5.69 Å². The zero-order valence-electron chi connectivity index (χ0n) is 13.8. The molecule has 0 spiro atoms. The number of aromatic hydroxyl groups is 1. The highest BCUT2D eigenvalue weighted by Gasteiger charge is 2.15. The number of likely N-dealkylation sites (tertiary alicyclic amines) is 1. The number of hydrogen-bond acceptors (Lipinski definition) is 3. The van der Waals surface area contributed by atoms with Crippen LogP contribution in [0.2, 0.25) is 0 Å². The van der Waals surface area contributed by atoms with Gasteiger partial charge in [-0.1, -0.05) is 27.2 Å². The van der Waals surface area contributed by atoms with E-state index in [0.29, 0.717) is 5.75 Å². The molecule has 0 atom stereocenters. The zero-order valence-corrected chi connectivity index (χ0v) is 13.8. The Morgan fingerprint density at radius 3 is 2.48 bits per heavy atom. The Bertz CT molecular complexity index is 445. The third kappa shape index (κ3) is 5.24. The van der Waals surface area contributed by atoms with Gasteiger partial charge in [-0.05, 0) is 62.0 Å². The van der Waals surface area contributed by atoms with Gasteiger partial charge in [0.05, 0.1) is 0 Å². The van der Waals surface area contributed by atoms with E-state index in [4.69, 9.17) is 0 Å². The summed E-state index contributed by atoms with van der Waals surface area (Å²) in [5, 5.41) is 13.3. The Morgan fingerprint density at radius 1 is 1.10 bits per heavy atom. The third-order valence-electron chi connectivity index (χ3n) is 4.21. The van der Waals surface area contributed by atoms with Gasteiger partial charge in [-0.15, -0.1) is 0 Å². The average Bonchev–Trinajstić information content (AvgIpc) is 2.43. The molecule has 1 saturated heterocycles. The molecule has 3 heteroatoms. The third-order valence-corrected chi connectivity index (χ3v) is 4.21. The molecule has 1 heterocycles. The van der Waals surface area contributed by atoms with Crippen LogP contribution in [-0.2, 0) is 5.41 Å². The topological polar surface area (TPSA) is 35.5 Å². The molecule has 1 aliphatic heterocycles. The van der Waals surface area contributed by atoms with Crippen molar-refractivity contribution in [3.8, 4) is 5.75 Å². The summed E-state index contributed by atoms with van der Waals surface area (Å²) < 4.78 is 0. The van der Waals surface area contributed by atoms with Gasteiger partial charge in [0.2, 0.25) is 0 Å². The molecule has 3 nitrogen and oxygen atoms in total. The van der Waals surface area contributed by atoms with E-state index in [1.165, 1.54) is 44.5 Å². The number of rotatable bonds is 5. The number of phenolic OH excluding ortho intramolecular Hbond substituents is 1. The Labute approximate surface area is 129 Å². The molecular formula is C18H30N2O. The van der Waals surface area contributed by atoms with Crippen LogP contribution in [0.25, 0.3) is 0 Å². The summed E-state index contributed by atoms with van der Waals surface area (Å²) >= 11 is 0. The van der Waals surface area contributed by atoms with E-state index in [2.05, 4.69) is 37.1 Å². The van der Waals surface area contributed by atoms with E-state index in [1.54, 1.807) is 0 Å². The van der Waals surface area contributed by atoms with E-state index in [1.807, 2.05) is 12.1 Å². The van der Waals surface area contributed by atoms with Crippen molar-refractivity contribution in [1.82, 2.24) is 4.90 Å². The lowest BCUT2D eigenvalue weighted by Gasteiger charge is -2.26. The summed E-state index contributed by atoms with van der Waals surface area (Å²) in [5.74, 6) is 0.348. The minimum atomic E-state index is 0.0585. The molecule has 118 valence electrons. The van der Waals surface area contributed by atoms with E-state index < -0.39 is 0 Å². The molecule has 0 unspecified atom stereocenters. The maximum Gasteiger partial charge on any atom is 0.117 e. The second kappa shape index (κ2) is 7.17. The minimum Gasteiger partial charge on any atom is -0.508 e. The number of piperidine rings is 1. The lowest BCUT2D eigenvalue weighted by Crippen LogP contribution is -2.31. The van der Waals surface area contributed by atoms with Crippen LogP contribution in [0.3, 0.4) is 0 Å². The van der Waals surface area contributed by atoms with Crippen LogP contribution in [0, 0.1) is 0 Å². The number of benzene rings is 1. The monoisotopic (exact) mass is 290 g/mol. The Kier molecular flexibility index (Phi) is 5.51. The van der Waals surface area contributed by atoms with E-state index in [0.717, 1.165) is 18.7 Å². The Hall–Kier alpha value is -1.22. The van der Waals surface area contributed by atoms with Crippen LogP contribution in [0.5, 0.6) is 5.75 Å². The predicted octanol–water partition coefficient (Wildman–Crippen LogP) is 3.98. The van der Waals surface area contributed by atoms with Gasteiger partial charge < -0.3 is 15.3 Å². The maximum atomic E-state index is 9.87. The second-order valence-corrected chi connectivity index (χ2v) is 7.20. The van der Waals surface area contributed by atoms with Crippen molar-refractivity contribution in [3.63, 3.8) is 0 Å². The quantitative estimate of drug-likeness (QED) is 0.805. The van der Waals surface area contributed by atoms with Gasteiger partial charge in [0, 0.05) is 18.3 Å². The van der Waals surface area contributed by atoms with E-state index in [-0.39, 0.29) is 5.41 Å². The Morgan fingerprint density at radius 2 is 1.81 bits per heavy atom. The Balaban J connectivity index is 1.81. The summed E-state index contributed by atoms with van der Waals surface area (Å²) in [6.07, 6.45) is 5.26. The molecule has 2 N–H and O–H groups in total. The summed E-state index contributed by atoms with van der Waals surface area (Å²) in [4.78, 5) is 2.56. The molecule has 2 rings (SSSR count). The SMILES string of the molecule is CC(C)(C)c1cc(O)cc(NCCCN2CCCCC2)c1. The van der Waals surface area contributed by atoms with Gasteiger partial charge in [-0.3, -0.25) is 0 Å². The first-order valence-electron chi connectivity index (χ1n) is 8.26. The molecule has 0 saturated carbocycles. The predicted molar refractivity (Wildman–Crippen MR) is 90.2 cm³/mol.